The van der Waals surface area contributed by atoms with Gasteiger partial charge in [0, 0.05) is 17.5 Å². The lowest BCUT2D eigenvalue weighted by Crippen LogP contribution is -2.31. The van der Waals surface area contributed by atoms with Crippen LogP contribution in [0.5, 0.6) is 5.88 Å². The van der Waals surface area contributed by atoms with Crippen molar-refractivity contribution >= 4 is 5.65 Å². The fraction of sp³-hybridized carbons (Fsp3) is 0.375. The highest BCUT2D eigenvalue weighted by atomic mass is 19.4. The van der Waals surface area contributed by atoms with Crippen LogP contribution in [0.25, 0.3) is 16.9 Å². The van der Waals surface area contributed by atoms with Crippen molar-refractivity contribution in [3.8, 4) is 17.1 Å². The third-order valence-electron chi connectivity index (χ3n) is 3.91. The molecule has 156 valence electrons. The molecule has 0 N–H and O–H groups in total. The minimum atomic E-state index is -4.68. The molecule has 29 heavy (non-hydrogen) atoms. The van der Waals surface area contributed by atoms with Crippen LogP contribution in [0, 0.1) is 12.7 Å². The van der Waals surface area contributed by atoms with E-state index in [1.807, 2.05) is 0 Å². The Hall–Kier alpha value is -2.96. The van der Waals surface area contributed by atoms with Gasteiger partial charge in [-0.05, 0) is 19.9 Å². The van der Waals surface area contributed by atoms with Gasteiger partial charge in [0.25, 0.3) is 5.88 Å². The number of hydrogen-bond acceptors (Lipinski definition) is 6. The van der Waals surface area contributed by atoms with Crippen LogP contribution in [-0.4, -0.2) is 43.5 Å². The fourth-order valence-electron chi connectivity index (χ4n) is 2.49. The van der Waals surface area contributed by atoms with E-state index in [2.05, 4.69) is 29.6 Å². The Morgan fingerprint density at radius 3 is 2.48 bits per heavy atom. The zero-order chi connectivity index (χ0) is 21.3. The zero-order valence-electron chi connectivity index (χ0n) is 14.9. The predicted molar refractivity (Wildman–Crippen MR) is 85.6 cm³/mol. The average molecular weight is 421 g/mol. The molecule has 13 heteroatoms. The van der Waals surface area contributed by atoms with Crippen molar-refractivity contribution in [2.24, 2.45) is 0 Å². The number of halogens is 6. The summed E-state index contributed by atoms with van der Waals surface area (Å²) in [4.78, 5) is 7.71. The minimum Gasteiger partial charge on any atom is -0.463 e. The second kappa shape index (κ2) is 7.81. The molecule has 0 aliphatic rings. The van der Waals surface area contributed by atoms with E-state index in [1.165, 1.54) is 10.6 Å². The number of alkyl halides is 5. The second-order valence-corrected chi connectivity index (χ2v) is 5.89. The molecule has 0 aromatic carbocycles. The molecule has 3 rings (SSSR count). The number of nitrogens with zero attached hydrogens (tertiary/aromatic N) is 5. The first-order valence-electron chi connectivity index (χ1n) is 8.06. The smallest absolute Gasteiger partial charge is 0.425 e. The third-order valence-corrected chi connectivity index (χ3v) is 3.91. The average Bonchev–Trinajstić information content (AvgIpc) is 3.05. The lowest BCUT2D eigenvalue weighted by molar-refractivity contribution is -0.190. The molecule has 3 aromatic rings. The van der Waals surface area contributed by atoms with Crippen LogP contribution in [0.4, 0.5) is 26.3 Å². The van der Waals surface area contributed by atoms with Gasteiger partial charge in [0.05, 0.1) is 11.9 Å². The molecule has 0 saturated carbocycles. The molecule has 0 fully saturated rings. The van der Waals surface area contributed by atoms with Crippen molar-refractivity contribution in [1.82, 2.24) is 24.6 Å². The van der Waals surface area contributed by atoms with Gasteiger partial charge >= 0.3 is 12.8 Å². The Kier molecular flexibility index (Phi) is 5.59. The normalized spacial score (nSPS) is 13.3. The number of aromatic nitrogens is 5. The van der Waals surface area contributed by atoms with Crippen molar-refractivity contribution in [3.63, 3.8) is 0 Å². The number of rotatable bonds is 6. The Bertz CT molecular complexity index is 1020. The molecule has 0 unspecified atom stereocenters. The molecule has 0 spiro atoms. The van der Waals surface area contributed by atoms with E-state index >= 15 is 0 Å². The Balaban J connectivity index is 1.95. The Morgan fingerprint density at radius 2 is 1.86 bits per heavy atom. The molecular weight excluding hydrogens is 408 g/mol. The summed E-state index contributed by atoms with van der Waals surface area (Å²) in [5.74, 6) is -1.87. The summed E-state index contributed by atoms with van der Waals surface area (Å²) in [6.45, 7) is -1.26. The van der Waals surface area contributed by atoms with E-state index < -0.39 is 37.2 Å². The summed E-state index contributed by atoms with van der Waals surface area (Å²) < 4.78 is 86.7. The standard InChI is InChI=1S/C16H13F6N5O2/c1-7-13(23-5-11-25-26-12(27(7)11)6-28-15(18)19)9-3-10(17)14(24-4-9)29-8(2)16(20,21)22/h3-5,8,15H,6H2,1-2H3/t8-/m1/s1. The third kappa shape index (κ3) is 4.39. The van der Waals surface area contributed by atoms with E-state index in [0.717, 1.165) is 19.2 Å². The van der Waals surface area contributed by atoms with E-state index in [1.54, 1.807) is 6.92 Å². The van der Waals surface area contributed by atoms with Crippen molar-refractivity contribution in [2.45, 2.75) is 39.3 Å². The minimum absolute atomic E-state index is 0.0637. The van der Waals surface area contributed by atoms with Gasteiger partial charge in [0.15, 0.2) is 23.4 Å². The highest BCUT2D eigenvalue weighted by Gasteiger charge is 2.38. The van der Waals surface area contributed by atoms with Gasteiger partial charge in [-0.1, -0.05) is 0 Å². The van der Waals surface area contributed by atoms with E-state index in [9.17, 15) is 26.3 Å². The van der Waals surface area contributed by atoms with Crippen LogP contribution in [0.3, 0.4) is 0 Å². The lowest BCUT2D eigenvalue weighted by atomic mass is 10.1. The molecule has 3 aromatic heterocycles. The first-order chi connectivity index (χ1) is 13.6. The SMILES string of the molecule is Cc1c(-c2cnc(O[C@H](C)C(F)(F)F)c(F)c2)ncc2nnc(COC(F)F)n12. The van der Waals surface area contributed by atoms with Crippen LogP contribution in [0.15, 0.2) is 18.5 Å². The van der Waals surface area contributed by atoms with Crippen molar-refractivity contribution in [3.05, 3.63) is 35.8 Å². The molecule has 0 aliphatic heterocycles. The quantitative estimate of drug-likeness (QED) is 0.565. The topological polar surface area (TPSA) is 74.4 Å². The summed E-state index contributed by atoms with van der Waals surface area (Å²) in [7, 11) is 0. The fourth-order valence-corrected chi connectivity index (χ4v) is 2.49. The van der Waals surface area contributed by atoms with Crippen LogP contribution in [0.1, 0.15) is 18.4 Å². The van der Waals surface area contributed by atoms with Gasteiger partial charge in [-0.3, -0.25) is 9.38 Å². The van der Waals surface area contributed by atoms with Gasteiger partial charge in [0.1, 0.15) is 6.61 Å². The highest BCUT2D eigenvalue weighted by Crippen LogP contribution is 2.28. The van der Waals surface area contributed by atoms with Crippen LogP contribution in [0.2, 0.25) is 0 Å². The molecule has 1 atom stereocenters. The number of hydrogen-bond donors (Lipinski definition) is 0. The van der Waals surface area contributed by atoms with Crippen LogP contribution < -0.4 is 4.74 Å². The second-order valence-electron chi connectivity index (χ2n) is 5.89. The number of ether oxygens (including phenoxy) is 2. The first kappa shape index (κ1) is 20.8. The first-order valence-corrected chi connectivity index (χ1v) is 8.06. The Labute approximate surface area is 159 Å². The van der Waals surface area contributed by atoms with E-state index in [4.69, 9.17) is 0 Å². The highest BCUT2D eigenvalue weighted by molar-refractivity contribution is 5.63. The van der Waals surface area contributed by atoms with Crippen molar-refractivity contribution in [2.75, 3.05) is 0 Å². The van der Waals surface area contributed by atoms with Crippen molar-refractivity contribution < 1.29 is 35.8 Å². The van der Waals surface area contributed by atoms with Gasteiger partial charge in [0.2, 0.25) is 0 Å². The Morgan fingerprint density at radius 1 is 1.14 bits per heavy atom. The van der Waals surface area contributed by atoms with Crippen molar-refractivity contribution in [1.29, 1.82) is 0 Å². The predicted octanol–water partition coefficient (Wildman–Crippen LogP) is 3.70. The van der Waals surface area contributed by atoms with Crippen LogP contribution >= 0.6 is 0 Å². The van der Waals surface area contributed by atoms with E-state index in [0.29, 0.717) is 5.69 Å². The number of pyridine rings is 1. The molecular formula is C16H13F6N5O2. The summed E-state index contributed by atoms with van der Waals surface area (Å²) in [6.07, 6.45) is -4.57. The number of fused-ring (bicyclic) bond motifs is 1. The molecule has 0 bridgehead atoms. The summed E-state index contributed by atoms with van der Waals surface area (Å²) in [5, 5.41) is 7.54. The molecule has 3 heterocycles. The largest absolute Gasteiger partial charge is 0.463 e. The molecule has 0 amide bonds. The van der Waals surface area contributed by atoms with Gasteiger partial charge < -0.3 is 9.47 Å². The number of aryl methyl sites for hydroxylation is 1. The monoisotopic (exact) mass is 421 g/mol. The van der Waals surface area contributed by atoms with E-state index in [-0.39, 0.29) is 22.7 Å². The summed E-state index contributed by atoms with van der Waals surface area (Å²) >= 11 is 0. The van der Waals surface area contributed by atoms with Gasteiger partial charge in [-0.15, -0.1) is 10.2 Å². The maximum Gasteiger partial charge on any atom is 0.425 e. The maximum atomic E-state index is 14.2. The summed E-state index contributed by atoms with van der Waals surface area (Å²) in [6, 6.07) is 0.909. The zero-order valence-corrected chi connectivity index (χ0v) is 14.9. The van der Waals surface area contributed by atoms with Gasteiger partial charge in [-0.2, -0.15) is 22.0 Å². The van der Waals surface area contributed by atoms with Crippen LogP contribution in [-0.2, 0) is 11.3 Å². The maximum absolute atomic E-state index is 14.2. The lowest BCUT2D eigenvalue weighted by Gasteiger charge is -2.17. The molecule has 0 aliphatic carbocycles. The molecule has 0 radical (unpaired) electrons. The summed E-state index contributed by atoms with van der Waals surface area (Å²) in [5.41, 5.74) is 0.922. The van der Waals surface area contributed by atoms with Gasteiger partial charge in [-0.25, -0.2) is 9.37 Å². The molecule has 0 saturated heterocycles. The molecule has 7 nitrogen and oxygen atoms in total.